The Balaban J connectivity index is 1.36. The van der Waals surface area contributed by atoms with Crippen LogP contribution in [0.2, 0.25) is 0 Å². The average molecular weight is 391 g/mol. The second kappa shape index (κ2) is 7.06. The standard InChI is InChI=1S/C22H22FN5O/c23-18-5-2-1-4-16(18)12-19(29)28-13-17(22(14-28)8-3-9-22)21-25-20(26-27-21)15-6-10-24-11-7-15/h1-2,4-7,10-11,17H,3,8-9,12-14H2,(H,25,26,27). The quantitative estimate of drug-likeness (QED) is 0.740. The molecule has 1 unspecified atom stereocenters. The number of pyridine rings is 1. The Morgan fingerprint density at radius 1 is 1.21 bits per heavy atom. The van der Waals surface area contributed by atoms with E-state index in [1.807, 2.05) is 17.0 Å². The van der Waals surface area contributed by atoms with Crippen molar-refractivity contribution in [1.29, 1.82) is 0 Å². The van der Waals surface area contributed by atoms with E-state index in [-0.39, 0.29) is 29.5 Å². The topological polar surface area (TPSA) is 74.8 Å². The number of benzene rings is 1. The number of likely N-dealkylation sites (tertiary alicyclic amines) is 1. The third kappa shape index (κ3) is 3.20. The fourth-order valence-corrected chi connectivity index (χ4v) is 4.65. The number of carbonyl (C=O) groups excluding carboxylic acids is 1. The molecule has 1 aromatic carbocycles. The second-order valence-electron chi connectivity index (χ2n) is 8.09. The molecule has 2 fully saturated rings. The number of rotatable bonds is 4. The lowest BCUT2D eigenvalue weighted by Gasteiger charge is -2.41. The van der Waals surface area contributed by atoms with E-state index in [2.05, 4.69) is 15.2 Å². The van der Waals surface area contributed by atoms with Gasteiger partial charge in [-0.25, -0.2) is 9.37 Å². The van der Waals surface area contributed by atoms with Gasteiger partial charge in [0.15, 0.2) is 5.82 Å². The van der Waals surface area contributed by atoms with Crippen LogP contribution >= 0.6 is 0 Å². The zero-order valence-corrected chi connectivity index (χ0v) is 16.0. The van der Waals surface area contributed by atoms with Gasteiger partial charge in [0.1, 0.15) is 11.6 Å². The van der Waals surface area contributed by atoms with Gasteiger partial charge in [0.25, 0.3) is 0 Å². The number of aromatic amines is 1. The summed E-state index contributed by atoms with van der Waals surface area (Å²) in [5, 5.41) is 7.50. The van der Waals surface area contributed by atoms with Crippen LogP contribution in [0.4, 0.5) is 4.39 Å². The third-order valence-electron chi connectivity index (χ3n) is 6.42. The van der Waals surface area contributed by atoms with Crippen LogP contribution < -0.4 is 0 Å². The zero-order chi connectivity index (χ0) is 19.8. The van der Waals surface area contributed by atoms with Crippen molar-refractivity contribution in [2.75, 3.05) is 13.1 Å². The highest BCUT2D eigenvalue weighted by Gasteiger charge is 2.53. The largest absolute Gasteiger partial charge is 0.341 e. The lowest BCUT2D eigenvalue weighted by molar-refractivity contribution is -0.130. The maximum atomic E-state index is 14.0. The number of hydrogen-bond donors (Lipinski definition) is 1. The van der Waals surface area contributed by atoms with Crippen LogP contribution in [0.15, 0.2) is 48.8 Å². The summed E-state index contributed by atoms with van der Waals surface area (Å²) >= 11 is 0. The first kappa shape index (κ1) is 18.0. The molecule has 1 atom stereocenters. The smallest absolute Gasteiger partial charge is 0.227 e. The monoisotopic (exact) mass is 391 g/mol. The minimum Gasteiger partial charge on any atom is -0.341 e. The fourth-order valence-electron chi connectivity index (χ4n) is 4.65. The van der Waals surface area contributed by atoms with Gasteiger partial charge in [0, 0.05) is 37.0 Å². The van der Waals surface area contributed by atoms with Crippen LogP contribution in [0.1, 0.15) is 36.6 Å². The summed E-state index contributed by atoms with van der Waals surface area (Å²) in [5.41, 5.74) is 1.42. The highest BCUT2D eigenvalue weighted by atomic mass is 19.1. The van der Waals surface area contributed by atoms with Crippen molar-refractivity contribution in [2.45, 2.75) is 31.6 Å². The van der Waals surface area contributed by atoms with Crippen molar-refractivity contribution in [2.24, 2.45) is 5.41 Å². The van der Waals surface area contributed by atoms with Gasteiger partial charge in [-0.3, -0.25) is 14.9 Å². The van der Waals surface area contributed by atoms with Gasteiger partial charge in [-0.1, -0.05) is 24.6 Å². The summed E-state index contributed by atoms with van der Waals surface area (Å²) < 4.78 is 14.0. The molecule has 2 aromatic heterocycles. The molecule has 1 amide bonds. The molecule has 2 aliphatic rings. The van der Waals surface area contributed by atoms with Gasteiger partial charge in [-0.05, 0) is 42.0 Å². The van der Waals surface area contributed by atoms with Gasteiger partial charge in [0.05, 0.1) is 6.42 Å². The Morgan fingerprint density at radius 3 is 2.72 bits per heavy atom. The molecule has 6 nitrogen and oxygen atoms in total. The number of nitrogens with one attached hydrogen (secondary N) is 1. The average Bonchev–Trinajstić information content (AvgIpc) is 3.35. The number of halogens is 1. The van der Waals surface area contributed by atoms with Crippen molar-refractivity contribution < 1.29 is 9.18 Å². The summed E-state index contributed by atoms with van der Waals surface area (Å²) in [5.74, 6) is 1.25. The predicted octanol–water partition coefficient (Wildman–Crippen LogP) is 3.34. The van der Waals surface area contributed by atoms with Gasteiger partial charge < -0.3 is 4.90 Å². The normalized spacial score (nSPS) is 20.0. The lowest BCUT2D eigenvalue weighted by atomic mass is 9.62. The summed E-state index contributed by atoms with van der Waals surface area (Å²) in [6.07, 6.45) is 6.85. The van der Waals surface area contributed by atoms with E-state index in [4.69, 9.17) is 4.98 Å². The number of aromatic nitrogens is 4. The molecule has 0 bridgehead atoms. The zero-order valence-electron chi connectivity index (χ0n) is 16.0. The van der Waals surface area contributed by atoms with Crippen molar-refractivity contribution in [3.63, 3.8) is 0 Å². The second-order valence-corrected chi connectivity index (χ2v) is 8.09. The summed E-state index contributed by atoms with van der Waals surface area (Å²) in [6, 6.07) is 10.2. The molecule has 3 aromatic rings. The molecule has 3 heterocycles. The number of nitrogens with zero attached hydrogens (tertiary/aromatic N) is 4. The molecule has 1 aliphatic heterocycles. The van der Waals surface area contributed by atoms with Crippen LogP contribution in [0.3, 0.4) is 0 Å². The maximum absolute atomic E-state index is 14.0. The van der Waals surface area contributed by atoms with E-state index in [1.165, 1.54) is 6.07 Å². The van der Waals surface area contributed by atoms with Gasteiger partial charge in [0.2, 0.25) is 5.91 Å². The summed E-state index contributed by atoms with van der Waals surface area (Å²) in [4.78, 5) is 23.6. The molecule has 1 saturated carbocycles. The number of H-pyrrole nitrogens is 1. The summed E-state index contributed by atoms with van der Waals surface area (Å²) in [6.45, 7) is 1.30. The highest BCUT2D eigenvalue weighted by molar-refractivity contribution is 5.79. The van der Waals surface area contributed by atoms with E-state index < -0.39 is 0 Å². The SMILES string of the molecule is O=C(Cc1ccccc1F)N1CC(c2nc(-c3ccncc3)n[nH]2)C2(CCC2)C1. The molecule has 1 saturated heterocycles. The third-order valence-corrected chi connectivity index (χ3v) is 6.42. The highest BCUT2D eigenvalue weighted by Crippen LogP contribution is 2.55. The van der Waals surface area contributed by atoms with Crippen molar-refractivity contribution >= 4 is 5.91 Å². The van der Waals surface area contributed by atoms with E-state index in [1.54, 1.807) is 30.6 Å². The predicted molar refractivity (Wildman–Crippen MR) is 105 cm³/mol. The van der Waals surface area contributed by atoms with E-state index >= 15 is 0 Å². The molecule has 148 valence electrons. The number of amides is 1. The van der Waals surface area contributed by atoms with Gasteiger partial charge >= 0.3 is 0 Å². The van der Waals surface area contributed by atoms with Crippen molar-refractivity contribution in [1.82, 2.24) is 25.1 Å². The van der Waals surface area contributed by atoms with Crippen LogP contribution in [-0.4, -0.2) is 44.1 Å². The first-order valence-corrected chi connectivity index (χ1v) is 9.98. The Bertz CT molecular complexity index is 1030. The molecule has 1 N–H and O–H groups in total. The molecular formula is C22H22FN5O. The maximum Gasteiger partial charge on any atom is 0.227 e. The molecule has 29 heavy (non-hydrogen) atoms. The molecular weight excluding hydrogens is 369 g/mol. The summed E-state index contributed by atoms with van der Waals surface area (Å²) in [7, 11) is 0. The van der Waals surface area contributed by atoms with Gasteiger partial charge in [-0.2, -0.15) is 5.10 Å². The number of carbonyl (C=O) groups is 1. The van der Waals surface area contributed by atoms with Crippen LogP contribution in [0.25, 0.3) is 11.4 Å². The molecule has 0 radical (unpaired) electrons. The van der Waals surface area contributed by atoms with Crippen LogP contribution in [0.5, 0.6) is 0 Å². The lowest BCUT2D eigenvalue weighted by Crippen LogP contribution is -2.38. The minimum atomic E-state index is -0.327. The first-order valence-electron chi connectivity index (χ1n) is 9.98. The van der Waals surface area contributed by atoms with E-state index in [0.717, 1.165) is 30.7 Å². The number of hydrogen-bond acceptors (Lipinski definition) is 4. The molecule has 1 spiro atoms. The first-order chi connectivity index (χ1) is 14.1. The van der Waals surface area contributed by atoms with Crippen LogP contribution in [0, 0.1) is 11.2 Å². The Hall–Kier alpha value is -3.09. The Labute approximate surface area is 168 Å². The fraction of sp³-hybridized carbons (Fsp3) is 0.364. The van der Waals surface area contributed by atoms with Crippen molar-refractivity contribution in [3.05, 3.63) is 66.0 Å². The molecule has 7 heteroatoms. The Kier molecular flexibility index (Phi) is 4.38. The molecule has 5 rings (SSSR count). The van der Waals surface area contributed by atoms with E-state index in [9.17, 15) is 9.18 Å². The van der Waals surface area contributed by atoms with Crippen molar-refractivity contribution in [3.8, 4) is 11.4 Å². The molecule has 1 aliphatic carbocycles. The van der Waals surface area contributed by atoms with Gasteiger partial charge in [-0.15, -0.1) is 0 Å². The minimum absolute atomic E-state index is 0.0299. The Morgan fingerprint density at radius 2 is 2.00 bits per heavy atom. The van der Waals surface area contributed by atoms with E-state index in [0.29, 0.717) is 24.5 Å². The van der Waals surface area contributed by atoms with Crippen LogP contribution in [-0.2, 0) is 11.2 Å².